The molecule has 306 valence electrons. The zero-order valence-corrected chi connectivity index (χ0v) is 35.2. The summed E-state index contributed by atoms with van der Waals surface area (Å²) >= 11 is 0. The quantitative estimate of drug-likeness (QED) is 0.155. The molecule has 8 heterocycles. The van der Waals surface area contributed by atoms with E-state index in [4.69, 9.17) is 9.97 Å². The van der Waals surface area contributed by atoms with Gasteiger partial charge in [0.2, 0.25) is 0 Å². The highest BCUT2D eigenvalue weighted by Gasteiger charge is 2.24. The second-order valence-electron chi connectivity index (χ2n) is 16.9. The molecular formula is C58H34N8. The predicted octanol–water partition coefficient (Wildman–Crippen LogP) is 13.8. The minimum absolute atomic E-state index is 0.965. The molecule has 0 radical (unpaired) electrons. The molecule has 0 aliphatic heterocycles. The summed E-state index contributed by atoms with van der Waals surface area (Å²) in [5.41, 5.74) is 17.1. The smallest absolute Gasteiger partial charge is 0.0969 e. The molecule has 0 saturated carbocycles. The van der Waals surface area contributed by atoms with E-state index in [1.807, 2.05) is 74.1 Å². The summed E-state index contributed by atoms with van der Waals surface area (Å²) in [5.74, 6) is 0. The first-order valence-corrected chi connectivity index (χ1v) is 21.9. The zero-order chi connectivity index (χ0) is 43.3. The summed E-state index contributed by atoms with van der Waals surface area (Å²) in [5, 5.41) is 9.39. The van der Waals surface area contributed by atoms with Gasteiger partial charge >= 0.3 is 0 Å². The molecule has 6 aromatic carbocycles. The number of hydrogen-bond donors (Lipinski definition) is 0. The number of fused-ring (bicyclic) bond motifs is 8. The molecule has 0 bridgehead atoms. The lowest BCUT2D eigenvalue weighted by molar-refractivity contribution is 1.18. The van der Waals surface area contributed by atoms with E-state index in [0.717, 1.165) is 99.8 Å². The third-order valence-corrected chi connectivity index (χ3v) is 13.3. The molecule has 0 unspecified atom stereocenters. The van der Waals surface area contributed by atoms with Crippen LogP contribution >= 0.6 is 0 Å². The van der Waals surface area contributed by atoms with E-state index in [0.29, 0.717) is 0 Å². The molecule has 0 aliphatic rings. The van der Waals surface area contributed by atoms with Crippen LogP contribution in [0.25, 0.3) is 132 Å². The highest BCUT2D eigenvalue weighted by molar-refractivity contribution is 6.37. The van der Waals surface area contributed by atoms with Crippen LogP contribution in [0.5, 0.6) is 0 Å². The summed E-state index contributed by atoms with van der Waals surface area (Å²) in [6.45, 7) is 0. The Bertz CT molecular complexity index is 3810. The van der Waals surface area contributed by atoms with Crippen molar-refractivity contribution in [3.05, 3.63) is 208 Å². The van der Waals surface area contributed by atoms with E-state index < -0.39 is 0 Å². The van der Waals surface area contributed by atoms with Crippen molar-refractivity contribution in [3.63, 3.8) is 0 Å². The Morgan fingerprint density at radius 1 is 0.273 bits per heavy atom. The first-order valence-electron chi connectivity index (χ1n) is 21.9. The topological polar surface area (TPSA) is 87.2 Å². The Balaban J connectivity index is 1.04. The Labute approximate surface area is 377 Å². The minimum Gasteiger partial charge on any atom is -0.308 e. The number of pyridine rings is 6. The monoisotopic (exact) mass is 842 g/mol. The zero-order valence-electron chi connectivity index (χ0n) is 35.2. The Morgan fingerprint density at radius 2 is 0.621 bits per heavy atom. The maximum atomic E-state index is 5.13. The van der Waals surface area contributed by atoms with E-state index in [1.165, 1.54) is 32.3 Å². The third kappa shape index (κ3) is 5.45. The van der Waals surface area contributed by atoms with Crippen LogP contribution in [0.2, 0.25) is 0 Å². The van der Waals surface area contributed by atoms with Crippen LogP contribution in [0, 0.1) is 0 Å². The van der Waals surface area contributed by atoms with E-state index in [9.17, 15) is 0 Å². The van der Waals surface area contributed by atoms with Crippen molar-refractivity contribution in [1.82, 2.24) is 39.0 Å². The summed E-state index contributed by atoms with van der Waals surface area (Å²) in [4.78, 5) is 27.5. The van der Waals surface area contributed by atoms with Gasteiger partial charge in [-0.05, 0) is 198 Å². The average Bonchev–Trinajstić information content (AvgIpc) is 3.91. The molecule has 0 amide bonds. The predicted molar refractivity (Wildman–Crippen MR) is 267 cm³/mol. The standard InChI is InChI=1S/C58H34N8/c1-3-49-57(63-17-1)55-47-7-5-40-34-52-56(58-50(4-2-18-64-58)66(52)46-31-43(37-13-23-61-24-14-37)28-44(32-46)38-15-25-62-26-16-38)48-8-6-39(53(47)54(40)48)33-51(55)65(49)45-29-41(35-9-19-59-20-10-35)27-42(30-45)36-11-21-60-22-12-36/h1-34H. The normalized spacial score (nSPS) is 11.9. The van der Waals surface area contributed by atoms with Gasteiger partial charge in [-0.2, -0.15) is 0 Å². The molecule has 8 nitrogen and oxygen atoms in total. The lowest BCUT2D eigenvalue weighted by Crippen LogP contribution is -1.97. The fourth-order valence-electron chi connectivity index (χ4n) is 10.5. The Morgan fingerprint density at radius 3 is 0.970 bits per heavy atom. The fraction of sp³-hybridized carbons (Fsp3) is 0. The van der Waals surface area contributed by atoms with Crippen molar-refractivity contribution in [3.8, 4) is 55.9 Å². The van der Waals surface area contributed by atoms with Crippen LogP contribution in [0.3, 0.4) is 0 Å². The van der Waals surface area contributed by atoms with E-state index >= 15 is 0 Å². The Kier molecular flexibility index (Phi) is 7.81. The van der Waals surface area contributed by atoms with E-state index in [-0.39, 0.29) is 0 Å². The summed E-state index contributed by atoms with van der Waals surface area (Å²) in [7, 11) is 0. The third-order valence-electron chi connectivity index (χ3n) is 13.3. The van der Waals surface area contributed by atoms with Gasteiger partial charge in [0.05, 0.1) is 33.1 Å². The van der Waals surface area contributed by atoms with Gasteiger partial charge in [-0.25, -0.2) is 0 Å². The minimum atomic E-state index is 0.965. The second kappa shape index (κ2) is 14.2. The van der Waals surface area contributed by atoms with Gasteiger partial charge in [0.15, 0.2) is 0 Å². The van der Waals surface area contributed by atoms with Gasteiger partial charge in [0, 0.05) is 84.1 Å². The molecule has 0 atom stereocenters. The lowest BCUT2D eigenvalue weighted by Gasteiger charge is -2.16. The van der Waals surface area contributed by atoms with Crippen LogP contribution in [-0.2, 0) is 0 Å². The molecule has 0 saturated heterocycles. The van der Waals surface area contributed by atoms with Crippen LogP contribution in [0.1, 0.15) is 0 Å². The maximum absolute atomic E-state index is 5.13. The SMILES string of the molecule is c1cnc2c3c4ccc5cc6c(c7ccc(cc3n(-c3cc(-c8ccncc8)cc(-c8ccncc8)c3)c2c1)c4c57)c1ncccc1n6-c1cc(-c2ccncc2)cc(-c2ccncc2)c1. The van der Waals surface area contributed by atoms with Crippen molar-refractivity contribution in [2.24, 2.45) is 0 Å². The summed E-state index contributed by atoms with van der Waals surface area (Å²) in [6.07, 6.45) is 18.6. The molecule has 0 spiro atoms. The van der Waals surface area contributed by atoms with E-state index in [2.05, 4.69) is 163 Å². The molecule has 0 N–H and O–H groups in total. The molecule has 8 heteroatoms. The van der Waals surface area contributed by atoms with Crippen LogP contribution in [0.15, 0.2) is 208 Å². The molecule has 14 aromatic rings. The highest BCUT2D eigenvalue weighted by Crippen LogP contribution is 2.47. The number of aromatic nitrogens is 8. The van der Waals surface area contributed by atoms with Crippen LogP contribution in [0.4, 0.5) is 0 Å². The fourth-order valence-corrected chi connectivity index (χ4v) is 10.5. The first kappa shape index (κ1) is 36.4. The summed E-state index contributed by atoms with van der Waals surface area (Å²) < 4.78 is 4.77. The molecule has 66 heavy (non-hydrogen) atoms. The molecule has 8 aromatic heterocycles. The van der Waals surface area contributed by atoms with Crippen molar-refractivity contribution in [2.75, 3.05) is 0 Å². The Hall–Kier alpha value is -9.14. The number of nitrogens with zero attached hydrogens (tertiary/aromatic N) is 8. The van der Waals surface area contributed by atoms with Crippen molar-refractivity contribution in [2.45, 2.75) is 0 Å². The number of benzene rings is 6. The van der Waals surface area contributed by atoms with Crippen LogP contribution < -0.4 is 0 Å². The van der Waals surface area contributed by atoms with Gasteiger partial charge in [-0.1, -0.05) is 24.3 Å². The molecule has 0 fully saturated rings. The van der Waals surface area contributed by atoms with Gasteiger partial charge < -0.3 is 9.13 Å². The largest absolute Gasteiger partial charge is 0.308 e. The first-order chi connectivity index (χ1) is 32.7. The molecule has 14 rings (SSSR count). The second-order valence-corrected chi connectivity index (χ2v) is 16.9. The number of rotatable bonds is 6. The van der Waals surface area contributed by atoms with Crippen molar-refractivity contribution in [1.29, 1.82) is 0 Å². The van der Waals surface area contributed by atoms with Gasteiger partial charge in [-0.3, -0.25) is 29.9 Å². The van der Waals surface area contributed by atoms with Gasteiger partial charge in [-0.15, -0.1) is 0 Å². The van der Waals surface area contributed by atoms with Crippen molar-refractivity contribution < 1.29 is 0 Å². The van der Waals surface area contributed by atoms with Gasteiger partial charge in [0.1, 0.15) is 0 Å². The molecular weight excluding hydrogens is 809 g/mol. The maximum Gasteiger partial charge on any atom is 0.0969 e. The number of hydrogen-bond acceptors (Lipinski definition) is 6. The van der Waals surface area contributed by atoms with Gasteiger partial charge in [0.25, 0.3) is 0 Å². The van der Waals surface area contributed by atoms with Crippen LogP contribution in [-0.4, -0.2) is 39.0 Å². The highest BCUT2D eigenvalue weighted by atomic mass is 15.0. The van der Waals surface area contributed by atoms with Crippen molar-refractivity contribution >= 4 is 76.2 Å². The summed E-state index contributed by atoms with van der Waals surface area (Å²) in [6, 6.07) is 52.5. The molecule has 0 aliphatic carbocycles. The average molecular weight is 843 g/mol. The van der Waals surface area contributed by atoms with E-state index in [1.54, 1.807) is 0 Å². The lowest BCUT2D eigenvalue weighted by atomic mass is 9.90.